The van der Waals surface area contributed by atoms with Crippen molar-refractivity contribution in [1.29, 1.82) is 0 Å². The fraction of sp³-hybridized carbons (Fsp3) is 0.600. The maximum atomic E-state index is 13.1. The molecule has 0 radical (unpaired) electrons. The Morgan fingerprint density at radius 2 is 1.86 bits per heavy atom. The number of hydrogen-bond donors (Lipinski definition) is 1. The van der Waals surface area contributed by atoms with Gasteiger partial charge in [0.1, 0.15) is 0 Å². The Hall–Kier alpha value is -1.47. The summed E-state index contributed by atoms with van der Waals surface area (Å²) in [6, 6.07) is 4.29. The van der Waals surface area contributed by atoms with Gasteiger partial charge < -0.3 is 14.8 Å². The molecule has 1 aliphatic heterocycles. The monoisotopic (exact) mass is 318 g/mol. The summed E-state index contributed by atoms with van der Waals surface area (Å²) in [5.74, 6) is 0.820. The van der Waals surface area contributed by atoms with E-state index in [1.54, 1.807) is 18.2 Å². The molecule has 0 bridgehead atoms. The Morgan fingerprint density at radius 1 is 1.18 bits per heavy atom. The standard InChI is InChI=1S/C15H21F3N2O2/c1-21-13-5-3-4-11(14(13)22-2)12(10-15(16,17)18)20-8-6-19-7-9-20/h3-5,12,19H,6-10H2,1-2H3/t12-/m0/s1. The molecule has 124 valence electrons. The van der Waals surface area contributed by atoms with E-state index < -0.39 is 18.6 Å². The van der Waals surface area contributed by atoms with Crippen molar-refractivity contribution < 1.29 is 22.6 Å². The summed E-state index contributed by atoms with van der Waals surface area (Å²) in [6.07, 6.45) is -5.15. The number of nitrogens with one attached hydrogen (secondary N) is 1. The molecule has 0 saturated carbocycles. The van der Waals surface area contributed by atoms with Gasteiger partial charge in [0.05, 0.1) is 20.6 Å². The molecule has 0 spiro atoms. The van der Waals surface area contributed by atoms with Crippen LogP contribution in [0.5, 0.6) is 11.5 Å². The second-order valence-corrected chi connectivity index (χ2v) is 5.20. The molecule has 1 aliphatic rings. The zero-order chi connectivity index (χ0) is 16.2. The van der Waals surface area contributed by atoms with Gasteiger partial charge in [-0.25, -0.2) is 0 Å². The van der Waals surface area contributed by atoms with E-state index in [1.165, 1.54) is 14.2 Å². The predicted octanol–water partition coefficient (Wildman–Crippen LogP) is 2.60. The second-order valence-electron chi connectivity index (χ2n) is 5.20. The number of alkyl halides is 3. The van der Waals surface area contributed by atoms with Gasteiger partial charge in [-0.2, -0.15) is 13.2 Å². The van der Waals surface area contributed by atoms with Gasteiger partial charge in [-0.15, -0.1) is 0 Å². The van der Waals surface area contributed by atoms with E-state index in [-0.39, 0.29) is 0 Å². The van der Waals surface area contributed by atoms with Crippen molar-refractivity contribution >= 4 is 0 Å². The van der Waals surface area contributed by atoms with Crippen LogP contribution in [-0.4, -0.2) is 51.5 Å². The number of hydrogen-bond acceptors (Lipinski definition) is 4. The highest BCUT2D eigenvalue weighted by Gasteiger charge is 2.37. The quantitative estimate of drug-likeness (QED) is 0.905. The third-order valence-corrected chi connectivity index (χ3v) is 3.81. The SMILES string of the molecule is COc1cccc([C@H](CC(F)(F)F)N2CCNCC2)c1OC. The van der Waals surface area contributed by atoms with E-state index in [9.17, 15) is 13.2 Å². The normalized spacial score (nSPS) is 18.0. The molecular weight excluding hydrogens is 297 g/mol. The number of piperazine rings is 1. The van der Waals surface area contributed by atoms with Crippen LogP contribution in [0.4, 0.5) is 13.2 Å². The zero-order valence-corrected chi connectivity index (χ0v) is 12.7. The van der Waals surface area contributed by atoms with Crippen LogP contribution in [0.1, 0.15) is 18.0 Å². The van der Waals surface area contributed by atoms with Crippen molar-refractivity contribution in [3.05, 3.63) is 23.8 Å². The van der Waals surface area contributed by atoms with Crippen LogP contribution < -0.4 is 14.8 Å². The van der Waals surface area contributed by atoms with Crippen LogP contribution >= 0.6 is 0 Å². The van der Waals surface area contributed by atoms with Crippen LogP contribution in [0.2, 0.25) is 0 Å². The molecule has 1 aromatic carbocycles. The molecule has 0 aromatic heterocycles. The molecule has 0 aliphatic carbocycles. The molecule has 7 heteroatoms. The lowest BCUT2D eigenvalue weighted by Gasteiger charge is -2.36. The molecule has 1 aromatic rings. The highest BCUT2D eigenvalue weighted by molar-refractivity contribution is 5.48. The van der Waals surface area contributed by atoms with E-state index in [1.807, 2.05) is 4.90 Å². The van der Waals surface area contributed by atoms with E-state index in [0.717, 1.165) is 0 Å². The van der Waals surface area contributed by atoms with Gasteiger partial charge in [0.15, 0.2) is 11.5 Å². The van der Waals surface area contributed by atoms with Gasteiger partial charge in [-0.3, -0.25) is 4.90 Å². The first-order valence-electron chi connectivity index (χ1n) is 7.18. The first-order valence-corrected chi connectivity index (χ1v) is 7.18. The molecule has 4 nitrogen and oxygen atoms in total. The van der Waals surface area contributed by atoms with E-state index in [2.05, 4.69) is 5.32 Å². The lowest BCUT2D eigenvalue weighted by atomic mass is 9.99. The van der Waals surface area contributed by atoms with Gasteiger partial charge in [0.2, 0.25) is 0 Å². The minimum atomic E-state index is -4.25. The molecule has 2 rings (SSSR count). The van der Waals surface area contributed by atoms with Gasteiger partial charge in [0.25, 0.3) is 0 Å². The molecule has 1 N–H and O–H groups in total. The highest BCUT2D eigenvalue weighted by atomic mass is 19.4. The minimum Gasteiger partial charge on any atom is -0.493 e. The Bertz CT molecular complexity index is 488. The lowest BCUT2D eigenvalue weighted by molar-refractivity contribution is -0.148. The summed E-state index contributed by atoms with van der Waals surface area (Å²) in [6.45, 7) is 2.50. The zero-order valence-electron chi connectivity index (χ0n) is 12.7. The maximum absolute atomic E-state index is 13.1. The third-order valence-electron chi connectivity index (χ3n) is 3.81. The predicted molar refractivity (Wildman–Crippen MR) is 77.4 cm³/mol. The fourth-order valence-corrected chi connectivity index (χ4v) is 2.82. The Kier molecular flexibility index (Phi) is 5.52. The Balaban J connectivity index is 2.39. The number of benzene rings is 1. The third kappa shape index (κ3) is 4.04. The van der Waals surface area contributed by atoms with E-state index >= 15 is 0 Å². The van der Waals surface area contributed by atoms with Crippen LogP contribution in [0, 0.1) is 0 Å². The topological polar surface area (TPSA) is 33.7 Å². The fourth-order valence-electron chi connectivity index (χ4n) is 2.82. The van der Waals surface area contributed by atoms with Crippen LogP contribution in [0.3, 0.4) is 0 Å². The van der Waals surface area contributed by atoms with Crippen LogP contribution in [0.15, 0.2) is 18.2 Å². The molecule has 1 saturated heterocycles. The lowest BCUT2D eigenvalue weighted by Crippen LogP contribution is -2.46. The van der Waals surface area contributed by atoms with Crippen LogP contribution in [-0.2, 0) is 0 Å². The first kappa shape index (κ1) is 16.9. The van der Waals surface area contributed by atoms with Crippen molar-refractivity contribution in [3.8, 4) is 11.5 Å². The highest BCUT2D eigenvalue weighted by Crippen LogP contribution is 2.41. The average Bonchev–Trinajstić information content (AvgIpc) is 2.51. The first-order chi connectivity index (χ1) is 10.5. The summed E-state index contributed by atoms with van der Waals surface area (Å²) >= 11 is 0. The number of nitrogens with zero attached hydrogens (tertiary/aromatic N) is 1. The number of methoxy groups -OCH3 is 2. The number of ether oxygens (including phenoxy) is 2. The number of halogens is 3. The number of rotatable bonds is 5. The molecule has 0 unspecified atom stereocenters. The summed E-state index contributed by atoms with van der Waals surface area (Å²) in [4.78, 5) is 1.85. The molecular formula is C15H21F3N2O2. The van der Waals surface area contributed by atoms with Gasteiger partial charge in [-0.05, 0) is 6.07 Å². The molecule has 0 amide bonds. The Morgan fingerprint density at radius 3 is 2.41 bits per heavy atom. The summed E-state index contributed by atoms with van der Waals surface area (Å²) in [5, 5.41) is 3.16. The van der Waals surface area contributed by atoms with E-state index in [0.29, 0.717) is 43.2 Å². The molecule has 1 fully saturated rings. The number of para-hydroxylation sites is 1. The second kappa shape index (κ2) is 7.19. The molecule has 1 heterocycles. The molecule has 22 heavy (non-hydrogen) atoms. The minimum absolute atomic E-state index is 0.373. The van der Waals surface area contributed by atoms with Gasteiger partial charge in [0, 0.05) is 37.8 Å². The smallest absolute Gasteiger partial charge is 0.390 e. The van der Waals surface area contributed by atoms with Crippen molar-refractivity contribution in [2.75, 3.05) is 40.4 Å². The summed E-state index contributed by atoms with van der Waals surface area (Å²) in [5.41, 5.74) is 0.515. The van der Waals surface area contributed by atoms with Crippen molar-refractivity contribution in [1.82, 2.24) is 10.2 Å². The largest absolute Gasteiger partial charge is 0.493 e. The van der Waals surface area contributed by atoms with Crippen LogP contribution in [0.25, 0.3) is 0 Å². The average molecular weight is 318 g/mol. The van der Waals surface area contributed by atoms with Crippen molar-refractivity contribution in [2.24, 2.45) is 0 Å². The maximum Gasteiger partial charge on any atom is 0.390 e. The van der Waals surface area contributed by atoms with Gasteiger partial charge in [-0.1, -0.05) is 12.1 Å². The van der Waals surface area contributed by atoms with E-state index in [4.69, 9.17) is 9.47 Å². The van der Waals surface area contributed by atoms with Crippen molar-refractivity contribution in [3.63, 3.8) is 0 Å². The van der Waals surface area contributed by atoms with Gasteiger partial charge >= 0.3 is 6.18 Å². The molecule has 1 atom stereocenters. The van der Waals surface area contributed by atoms with Crippen molar-refractivity contribution in [2.45, 2.75) is 18.6 Å². The summed E-state index contributed by atoms with van der Waals surface area (Å²) in [7, 11) is 2.93. The summed E-state index contributed by atoms with van der Waals surface area (Å²) < 4.78 is 49.7. The Labute approximate surface area is 128 Å².